The molecule has 1 saturated heterocycles. The predicted molar refractivity (Wildman–Crippen MR) is 134 cm³/mol. The molecule has 3 aromatic rings. The summed E-state index contributed by atoms with van der Waals surface area (Å²) in [5, 5.41) is 11.4. The van der Waals surface area contributed by atoms with Crippen LogP contribution in [-0.4, -0.2) is 36.0 Å². The third kappa shape index (κ3) is 4.37. The fourth-order valence-corrected chi connectivity index (χ4v) is 4.22. The Morgan fingerprint density at radius 3 is 2.17 bits per heavy atom. The van der Waals surface area contributed by atoms with Gasteiger partial charge in [-0.25, -0.2) is 0 Å². The molecule has 0 bridgehead atoms. The summed E-state index contributed by atoms with van der Waals surface area (Å²) in [5.74, 6) is -0.968. The third-order valence-corrected chi connectivity index (χ3v) is 6.14. The fraction of sp³-hybridized carbons (Fsp3) is 0.250. The molecule has 7 heteroatoms. The van der Waals surface area contributed by atoms with Crippen molar-refractivity contribution in [3.05, 3.63) is 89.3 Å². The quantitative estimate of drug-likeness (QED) is 0.319. The minimum atomic E-state index is -0.842. The number of anilines is 1. The van der Waals surface area contributed by atoms with Crippen LogP contribution < -0.4 is 14.4 Å². The first-order valence-corrected chi connectivity index (χ1v) is 11.2. The summed E-state index contributed by atoms with van der Waals surface area (Å²) in [6.45, 7) is 6.31. The number of carbonyl (C=O) groups excluding carboxylic acids is 2. The molecule has 1 aliphatic heterocycles. The second kappa shape index (κ2) is 9.25. The number of ketones is 1. The normalized spacial score (nSPS) is 17.5. The highest BCUT2D eigenvalue weighted by Gasteiger charge is 2.47. The minimum Gasteiger partial charge on any atom is -0.507 e. The van der Waals surface area contributed by atoms with Gasteiger partial charge in [0.2, 0.25) is 0 Å². The molecule has 7 nitrogen and oxygen atoms in total. The van der Waals surface area contributed by atoms with E-state index in [1.54, 1.807) is 42.7 Å². The molecule has 1 amide bonds. The van der Waals surface area contributed by atoms with E-state index in [1.807, 2.05) is 24.3 Å². The molecule has 2 heterocycles. The summed E-state index contributed by atoms with van der Waals surface area (Å²) in [4.78, 5) is 32.2. The Hall–Kier alpha value is -4.13. The number of Topliss-reactive ketones (excluding diaryl/α,β-unsaturated/α-hetero) is 1. The lowest BCUT2D eigenvalue weighted by molar-refractivity contribution is -0.132. The van der Waals surface area contributed by atoms with Gasteiger partial charge < -0.3 is 14.6 Å². The number of carbonyl (C=O) groups is 2. The van der Waals surface area contributed by atoms with Crippen molar-refractivity contribution in [2.75, 3.05) is 19.1 Å². The topological polar surface area (TPSA) is 89.0 Å². The van der Waals surface area contributed by atoms with Gasteiger partial charge in [0.25, 0.3) is 11.7 Å². The molecule has 4 rings (SSSR count). The smallest absolute Gasteiger partial charge is 0.300 e. The minimum absolute atomic E-state index is 0.0236. The molecule has 1 unspecified atom stereocenters. The monoisotopic (exact) mass is 472 g/mol. The molecule has 1 atom stereocenters. The molecule has 2 aromatic carbocycles. The van der Waals surface area contributed by atoms with Gasteiger partial charge in [-0.1, -0.05) is 32.9 Å². The molecule has 1 aromatic heterocycles. The summed E-state index contributed by atoms with van der Waals surface area (Å²) in [5.41, 5.74) is 2.50. The molecule has 35 heavy (non-hydrogen) atoms. The maximum atomic E-state index is 13.3. The van der Waals surface area contributed by atoms with Crippen LogP contribution in [0.15, 0.2) is 72.6 Å². The van der Waals surface area contributed by atoms with Gasteiger partial charge in [0.1, 0.15) is 17.3 Å². The average Bonchev–Trinajstić information content (AvgIpc) is 3.13. The zero-order chi connectivity index (χ0) is 25.3. The fourth-order valence-electron chi connectivity index (χ4n) is 4.22. The number of hydrogen-bond donors (Lipinski definition) is 1. The predicted octanol–water partition coefficient (Wildman–Crippen LogP) is 5.02. The van der Waals surface area contributed by atoms with Crippen LogP contribution in [0.25, 0.3) is 5.76 Å². The van der Waals surface area contributed by atoms with Gasteiger partial charge in [0, 0.05) is 24.1 Å². The first kappa shape index (κ1) is 24.0. The summed E-state index contributed by atoms with van der Waals surface area (Å²) in [6, 6.07) is 15.0. The van der Waals surface area contributed by atoms with Crippen molar-refractivity contribution in [2.45, 2.75) is 32.2 Å². The van der Waals surface area contributed by atoms with Gasteiger partial charge in [-0.05, 0) is 52.9 Å². The number of ether oxygens (including phenoxy) is 2. The van der Waals surface area contributed by atoms with Crippen molar-refractivity contribution in [3.63, 3.8) is 0 Å². The molecule has 180 valence electrons. The first-order chi connectivity index (χ1) is 16.7. The molecule has 1 fully saturated rings. The van der Waals surface area contributed by atoms with Crippen LogP contribution in [0.3, 0.4) is 0 Å². The molecule has 0 saturated carbocycles. The number of pyridine rings is 1. The number of methoxy groups -OCH3 is 2. The van der Waals surface area contributed by atoms with E-state index < -0.39 is 17.7 Å². The molecule has 0 radical (unpaired) electrons. The van der Waals surface area contributed by atoms with Crippen LogP contribution in [0.1, 0.15) is 43.5 Å². The Labute approximate surface area is 204 Å². The zero-order valence-electron chi connectivity index (χ0n) is 20.4. The first-order valence-electron chi connectivity index (χ1n) is 11.2. The maximum Gasteiger partial charge on any atom is 0.300 e. The molecule has 0 spiro atoms. The highest BCUT2D eigenvalue weighted by atomic mass is 16.5. The van der Waals surface area contributed by atoms with Gasteiger partial charge in [0.05, 0.1) is 31.4 Å². The van der Waals surface area contributed by atoms with Gasteiger partial charge in [-0.3, -0.25) is 19.5 Å². The van der Waals surface area contributed by atoms with Crippen LogP contribution in [0.5, 0.6) is 11.5 Å². The summed E-state index contributed by atoms with van der Waals surface area (Å²) < 4.78 is 10.7. The number of amides is 1. The number of rotatable bonds is 5. The second-order valence-electron chi connectivity index (χ2n) is 9.31. The van der Waals surface area contributed by atoms with Crippen LogP contribution in [0, 0.1) is 0 Å². The standard InChI is InChI=1S/C28H28N2O5/c1-28(2,3)18-6-8-19(9-7-18)30-24(17-12-14-29-15-13-17)23(26(32)27(30)33)25(31)21-11-10-20(34-4)16-22(21)35-5/h6-16,24,31H,1-5H3/b25-23-. The maximum absolute atomic E-state index is 13.3. The second-order valence-corrected chi connectivity index (χ2v) is 9.31. The Kier molecular flexibility index (Phi) is 6.35. The van der Waals surface area contributed by atoms with E-state index in [2.05, 4.69) is 25.8 Å². The molecule has 1 aliphatic rings. The van der Waals surface area contributed by atoms with E-state index in [1.165, 1.54) is 19.1 Å². The van der Waals surface area contributed by atoms with Gasteiger partial charge in [-0.2, -0.15) is 0 Å². The Balaban J connectivity index is 1.91. The lowest BCUT2D eigenvalue weighted by Gasteiger charge is -2.26. The van der Waals surface area contributed by atoms with E-state index in [0.29, 0.717) is 22.7 Å². The van der Waals surface area contributed by atoms with Crippen LogP contribution in [0.2, 0.25) is 0 Å². The van der Waals surface area contributed by atoms with Crippen molar-refractivity contribution < 1.29 is 24.2 Å². The van der Waals surface area contributed by atoms with Crippen molar-refractivity contribution in [1.29, 1.82) is 0 Å². The van der Waals surface area contributed by atoms with E-state index >= 15 is 0 Å². The number of aromatic nitrogens is 1. The number of benzene rings is 2. The van der Waals surface area contributed by atoms with Crippen molar-refractivity contribution in [1.82, 2.24) is 4.98 Å². The number of hydrogen-bond acceptors (Lipinski definition) is 6. The van der Waals surface area contributed by atoms with Gasteiger partial charge in [0.15, 0.2) is 0 Å². The van der Waals surface area contributed by atoms with Gasteiger partial charge in [-0.15, -0.1) is 0 Å². The molecule has 1 N–H and O–H groups in total. The number of aliphatic hydroxyl groups is 1. The summed E-state index contributed by atoms with van der Waals surface area (Å²) in [7, 11) is 2.98. The summed E-state index contributed by atoms with van der Waals surface area (Å²) >= 11 is 0. The molecular weight excluding hydrogens is 444 g/mol. The lowest BCUT2D eigenvalue weighted by atomic mass is 9.87. The van der Waals surface area contributed by atoms with E-state index in [9.17, 15) is 14.7 Å². The largest absolute Gasteiger partial charge is 0.507 e. The van der Waals surface area contributed by atoms with E-state index in [0.717, 1.165) is 5.56 Å². The van der Waals surface area contributed by atoms with E-state index in [-0.39, 0.29) is 22.3 Å². The summed E-state index contributed by atoms with van der Waals surface area (Å²) in [6.07, 6.45) is 3.18. The molecule has 0 aliphatic carbocycles. The van der Waals surface area contributed by atoms with Crippen molar-refractivity contribution in [3.8, 4) is 11.5 Å². The van der Waals surface area contributed by atoms with Crippen molar-refractivity contribution in [2.24, 2.45) is 0 Å². The Morgan fingerprint density at radius 2 is 1.60 bits per heavy atom. The number of nitrogens with zero attached hydrogens (tertiary/aromatic N) is 2. The van der Waals surface area contributed by atoms with E-state index in [4.69, 9.17) is 9.47 Å². The van der Waals surface area contributed by atoms with Crippen LogP contribution >= 0.6 is 0 Å². The average molecular weight is 473 g/mol. The lowest BCUT2D eigenvalue weighted by Crippen LogP contribution is -2.29. The number of aliphatic hydroxyl groups excluding tert-OH is 1. The van der Waals surface area contributed by atoms with Crippen LogP contribution in [-0.2, 0) is 15.0 Å². The SMILES string of the molecule is COc1ccc(/C(O)=C2/C(=O)C(=O)N(c3ccc(C(C)(C)C)cc3)C2c2ccncc2)c(OC)c1. The van der Waals surface area contributed by atoms with Gasteiger partial charge >= 0.3 is 0 Å². The third-order valence-electron chi connectivity index (χ3n) is 6.14. The van der Waals surface area contributed by atoms with Crippen LogP contribution in [0.4, 0.5) is 5.69 Å². The Morgan fingerprint density at radius 1 is 0.943 bits per heavy atom. The zero-order valence-corrected chi connectivity index (χ0v) is 20.4. The molecular formula is C28H28N2O5. The highest BCUT2D eigenvalue weighted by Crippen LogP contribution is 2.43. The Bertz CT molecular complexity index is 1290. The highest BCUT2D eigenvalue weighted by molar-refractivity contribution is 6.51. The van der Waals surface area contributed by atoms with Crippen molar-refractivity contribution >= 4 is 23.1 Å².